The van der Waals surface area contributed by atoms with Gasteiger partial charge in [0.25, 0.3) is 0 Å². The topological polar surface area (TPSA) is 47.3 Å². The number of methoxy groups -OCH3 is 1. The van der Waals surface area contributed by atoms with E-state index in [4.69, 9.17) is 10.5 Å². The van der Waals surface area contributed by atoms with Gasteiger partial charge in [-0.15, -0.1) is 0 Å². The molecule has 0 heterocycles. The van der Waals surface area contributed by atoms with Crippen LogP contribution < -0.4 is 15.8 Å². The highest BCUT2D eigenvalue weighted by atomic mass is 16.5. The molecular formula is C15H18N2O. The van der Waals surface area contributed by atoms with Crippen LogP contribution in [0.5, 0.6) is 5.75 Å². The number of hydrogen-bond donors (Lipinski definition) is 2. The lowest BCUT2D eigenvalue weighted by Gasteiger charge is -2.12. The van der Waals surface area contributed by atoms with E-state index in [1.165, 1.54) is 0 Å². The summed E-state index contributed by atoms with van der Waals surface area (Å²) in [6.07, 6.45) is 0. The summed E-state index contributed by atoms with van der Waals surface area (Å²) in [5.74, 6) is 0.887. The predicted molar refractivity (Wildman–Crippen MR) is 76.6 cm³/mol. The van der Waals surface area contributed by atoms with Crippen LogP contribution in [0, 0.1) is 13.8 Å². The Labute approximate surface area is 108 Å². The highest BCUT2D eigenvalue weighted by Gasteiger charge is 2.04. The maximum atomic E-state index is 6.04. The first-order valence-corrected chi connectivity index (χ1v) is 5.88. The average molecular weight is 242 g/mol. The average Bonchev–Trinajstić information content (AvgIpc) is 2.35. The van der Waals surface area contributed by atoms with E-state index in [2.05, 4.69) is 5.32 Å². The summed E-state index contributed by atoms with van der Waals surface area (Å²) < 4.78 is 5.24. The molecule has 0 fully saturated rings. The van der Waals surface area contributed by atoms with Gasteiger partial charge in [-0.2, -0.15) is 0 Å². The zero-order valence-corrected chi connectivity index (χ0v) is 10.9. The molecule has 0 atom stereocenters. The van der Waals surface area contributed by atoms with Crippen molar-refractivity contribution in [2.75, 3.05) is 18.2 Å². The molecule has 2 aromatic carbocycles. The Hall–Kier alpha value is -2.16. The SMILES string of the molecule is COc1ccc(Nc2cccc(C)c2N)cc1C. The summed E-state index contributed by atoms with van der Waals surface area (Å²) in [7, 11) is 1.67. The molecule has 0 unspecified atom stereocenters. The Morgan fingerprint density at radius 2 is 1.83 bits per heavy atom. The molecule has 0 bridgehead atoms. The molecule has 0 spiro atoms. The van der Waals surface area contributed by atoms with Crippen LogP contribution in [0.3, 0.4) is 0 Å². The van der Waals surface area contributed by atoms with Crippen molar-refractivity contribution in [3.8, 4) is 5.75 Å². The number of ether oxygens (including phenoxy) is 1. The van der Waals surface area contributed by atoms with Gasteiger partial charge in [-0.25, -0.2) is 0 Å². The van der Waals surface area contributed by atoms with Crippen molar-refractivity contribution in [3.63, 3.8) is 0 Å². The smallest absolute Gasteiger partial charge is 0.121 e. The number of aryl methyl sites for hydroxylation is 2. The Kier molecular flexibility index (Phi) is 3.42. The van der Waals surface area contributed by atoms with Gasteiger partial charge in [-0.1, -0.05) is 12.1 Å². The number of benzene rings is 2. The number of hydrogen-bond acceptors (Lipinski definition) is 3. The van der Waals surface area contributed by atoms with Crippen LogP contribution in [-0.4, -0.2) is 7.11 Å². The van der Waals surface area contributed by atoms with Gasteiger partial charge < -0.3 is 15.8 Å². The maximum absolute atomic E-state index is 6.04. The van der Waals surface area contributed by atoms with E-state index in [0.29, 0.717) is 0 Å². The van der Waals surface area contributed by atoms with Gasteiger partial charge in [0.15, 0.2) is 0 Å². The molecule has 0 aliphatic carbocycles. The number of para-hydroxylation sites is 1. The van der Waals surface area contributed by atoms with Gasteiger partial charge in [0.1, 0.15) is 5.75 Å². The lowest BCUT2D eigenvalue weighted by Crippen LogP contribution is -1.98. The molecule has 18 heavy (non-hydrogen) atoms. The van der Waals surface area contributed by atoms with Crippen molar-refractivity contribution in [2.24, 2.45) is 0 Å². The Morgan fingerprint density at radius 1 is 1.06 bits per heavy atom. The van der Waals surface area contributed by atoms with Gasteiger partial charge in [0.2, 0.25) is 0 Å². The monoisotopic (exact) mass is 242 g/mol. The van der Waals surface area contributed by atoms with Crippen LogP contribution in [0.15, 0.2) is 36.4 Å². The third-order valence-electron chi connectivity index (χ3n) is 3.00. The van der Waals surface area contributed by atoms with E-state index in [9.17, 15) is 0 Å². The molecule has 0 aromatic heterocycles. The zero-order valence-electron chi connectivity index (χ0n) is 10.9. The number of rotatable bonds is 3. The van der Waals surface area contributed by atoms with Gasteiger partial charge in [0.05, 0.1) is 18.5 Å². The fourth-order valence-corrected chi connectivity index (χ4v) is 1.90. The van der Waals surface area contributed by atoms with Gasteiger partial charge in [-0.05, 0) is 49.2 Å². The first-order chi connectivity index (χ1) is 8.61. The van der Waals surface area contributed by atoms with Crippen LogP contribution in [-0.2, 0) is 0 Å². The summed E-state index contributed by atoms with van der Waals surface area (Å²) >= 11 is 0. The second-order valence-corrected chi connectivity index (χ2v) is 4.35. The summed E-state index contributed by atoms with van der Waals surface area (Å²) in [5, 5.41) is 3.32. The first kappa shape index (κ1) is 12.3. The molecular weight excluding hydrogens is 224 g/mol. The molecule has 3 N–H and O–H groups in total. The minimum absolute atomic E-state index is 0.783. The van der Waals surface area contributed by atoms with Crippen molar-refractivity contribution >= 4 is 17.1 Å². The highest BCUT2D eigenvalue weighted by molar-refractivity contribution is 5.75. The molecule has 3 heteroatoms. The molecule has 0 aliphatic rings. The second-order valence-electron chi connectivity index (χ2n) is 4.35. The number of anilines is 3. The normalized spacial score (nSPS) is 10.2. The molecule has 94 valence electrons. The van der Waals surface area contributed by atoms with Gasteiger partial charge in [0, 0.05) is 5.69 Å². The summed E-state index contributed by atoms with van der Waals surface area (Å²) in [6, 6.07) is 11.9. The van der Waals surface area contributed by atoms with Crippen LogP contribution in [0.25, 0.3) is 0 Å². The number of nitrogens with one attached hydrogen (secondary N) is 1. The summed E-state index contributed by atoms with van der Waals surface area (Å²) in [4.78, 5) is 0. The molecule has 0 amide bonds. The van der Waals surface area contributed by atoms with E-state index < -0.39 is 0 Å². The van der Waals surface area contributed by atoms with E-state index in [-0.39, 0.29) is 0 Å². The van der Waals surface area contributed by atoms with Crippen LogP contribution in [0.2, 0.25) is 0 Å². The van der Waals surface area contributed by atoms with Crippen molar-refractivity contribution in [3.05, 3.63) is 47.5 Å². The Morgan fingerprint density at radius 3 is 2.50 bits per heavy atom. The van der Waals surface area contributed by atoms with E-state index >= 15 is 0 Å². The third-order valence-corrected chi connectivity index (χ3v) is 3.00. The molecule has 2 rings (SSSR count). The molecule has 0 radical (unpaired) electrons. The minimum Gasteiger partial charge on any atom is -0.496 e. The molecule has 0 saturated heterocycles. The standard InChI is InChI=1S/C15H18N2O/c1-10-5-4-6-13(15(10)16)17-12-7-8-14(18-3)11(2)9-12/h4-9,17H,16H2,1-3H3. The van der Waals surface area contributed by atoms with Crippen LogP contribution >= 0.6 is 0 Å². The van der Waals surface area contributed by atoms with Gasteiger partial charge >= 0.3 is 0 Å². The fraction of sp³-hybridized carbons (Fsp3) is 0.200. The van der Waals surface area contributed by atoms with Crippen LogP contribution in [0.1, 0.15) is 11.1 Å². The minimum atomic E-state index is 0.783. The van der Waals surface area contributed by atoms with Crippen molar-refractivity contribution in [2.45, 2.75) is 13.8 Å². The largest absolute Gasteiger partial charge is 0.496 e. The van der Waals surface area contributed by atoms with Crippen molar-refractivity contribution in [1.82, 2.24) is 0 Å². The summed E-state index contributed by atoms with van der Waals surface area (Å²) in [6.45, 7) is 4.02. The molecule has 0 saturated carbocycles. The van der Waals surface area contributed by atoms with Crippen molar-refractivity contribution < 1.29 is 4.74 Å². The fourth-order valence-electron chi connectivity index (χ4n) is 1.90. The van der Waals surface area contributed by atoms with Crippen LogP contribution in [0.4, 0.5) is 17.1 Å². The third kappa shape index (κ3) is 2.40. The molecule has 3 nitrogen and oxygen atoms in total. The van der Waals surface area contributed by atoms with E-state index in [1.54, 1.807) is 7.11 Å². The lowest BCUT2D eigenvalue weighted by molar-refractivity contribution is 0.412. The first-order valence-electron chi connectivity index (χ1n) is 5.88. The summed E-state index contributed by atoms with van der Waals surface area (Å²) in [5.41, 5.74) is 10.9. The quantitative estimate of drug-likeness (QED) is 0.808. The van der Waals surface area contributed by atoms with Gasteiger partial charge in [-0.3, -0.25) is 0 Å². The van der Waals surface area contributed by atoms with E-state index in [1.807, 2.05) is 50.2 Å². The maximum Gasteiger partial charge on any atom is 0.121 e. The Bertz CT molecular complexity index is 564. The van der Waals surface area contributed by atoms with Crippen molar-refractivity contribution in [1.29, 1.82) is 0 Å². The zero-order chi connectivity index (χ0) is 13.1. The number of nitrogen functional groups attached to an aromatic ring is 1. The molecule has 0 aliphatic heterocycles. The molecule has 2 aromatic rings. The lowest BCUT2D eigenvalue weighted by atomic mass is 10.1. The van der Waals surface area contributed by atoms with E-state index in [0.717, 1.165) is 33.9 Å². The Balaban J connectivity index is 2.29. The second kappa shape index (κ2) is 5.00. The predicted octanol–water partition coefficient (Wildman–Crippen LogP) is 3.64. The highest BCUT2D eigenvalue weighted by Crippen LogP contribution is 2.28. The number of nitrogens with two attached hydrogens (primary N) is 1.